The Labute approximate surface area is 331 Å². The molecule has 7 N–H and O–H groups in total. The fraction of sp³-hybridized carbons (Fsp3) is 0.659. The monoisotopic (exact) mass is 803 g/mol. The van der Waals surface area contributed by atoms with Crippen LogP contribution < -0.4 is 0 Å². The fourth-order valence-corrected chi connectivity index (χ4v) is 8.22. The smallest absolute Gasteiger partial charge is 0.332 e. The summed E-state index contributed by atoms with van der Waals surface area (Å²) in [6.07, 6.45) is -14.5. The molecule has 4 fully saturated rings. The Morgan fingerprint density at radius 2 is 1.44 bits per heavy atom. The molecule has 0 radical (unpaired) electrons. The Balaban J connectivity index is 1.27. The van der Waals surface area contributed by atoms with Crippen LogP contribution in [0.15, 0.2) is 60.7 Å². The summed E-state index contributed by atoms with van der Waals surface area (Å²) in [7, 11) is 0. The van der Waals surface area contributed by atoms with Crippen molar-refractivity contribution in [1.29, 1.82) is 0 Å². The van der Waals surface area contributed by atoms with Crippen LogP contribution in [0.4, 0.5) is 0 Å². The highest BCUT2D eigenvalue weighted by Crippen LogP contribution is 2.34. The average Bonchev–Trinajstić information content (AvgIpc) is 3.22. The normalized spacial score (nSPS) is 35.7. The van der Waals surface area contributed by atoms with Crippen molar-refractivity contribution in [2.24, 2.45) is 5.92 Å². The molecule has 14 atom stereocenters. The van der Waals surface area contributed by atoms with Gasteiger partial charge in [0.05, 0.1) is 25.4 Å². The van der Waals surface area contributed by atoms with Crippen molar-refractivity contribution in [2.45, 2.75) is 144 Å². The van der Waals surface area contributed by atoms with Gasteiger partial charge >= 0.3 is 5.97 Å². The molecule has 3 aliphatic heterocycles. The van der Waals surface area contributed by atoms with Crippen LogP contribution in [0.2, 0.25) is 0 Å². The summed E-state index contributed by atoms with van der Waals surface area (Å²) < 4.78 is 36.7. The number of hydrogen-bond acceptors (Lipinski definition) is 14. The van der Waals surface area contributed by atoms with E-state index in [1.54, 1.807) is 35.2 Å². The van der Waals surface area contributed by atoms with Crippen molar-refractivity contribution in [3.8, 4) is 0 Å². The third-order valence-corrected chi connectivity index (χ3v) is 11.5. The van der Waals surface area contributed by atoms with E-state index in [0.29, 0.717) is 5.56 Å². The van der Waals surface area contributed by atoms with E-state index in [9.17, 15) is 45.3 Å². The molecular weight excluding hydrogens is 746 g/mol. The predicted octanol–water partition coefficient (Wildman–Crippen LogP) is 0.964. The van der Waals surface area contributed by atoms with E-state index in [1.165, 1.54) is 6.92 Å². The van der Waals surface area contributed by atoms with Gasteiger partial charge in [-0.3, -0.25) is 4.79 Å². The first-order valence-electron chi connectivity index (χ1n) is 20.0. The third-order valence-electron chi connectivity index (χ3n) is 11.5. The van der Waals surface area contributed by atoms with Crippen molar-refractivity contribution in [3.63, 3.8) is 0 Å². The summed E-state index contributed by atoms with van der Waals surface area (Å²) >= 11 is 0. The van der Waals surface area contributed by atoms with Crippen LogP contribution >= 0.6 is 0 Å². The molecule has 16 nitrogen and oxygen atoms in total. The zero-order valence-corrected chi connectivity index (χ0v) is 32.1. The molecule has 6 rings (SSSR count). The third kappa shape index (κ3) is 10.8. The molecule has 16 heteroatoms. The molecule has 0 aromatic heterocycles. The lowest BCUT2D eigenvalue weighted by Crippen LogP contribution is -2.64. The van der Waals surface area contributed by atoms with Gasteiger partial charge in [-0.15, -0.1) is 0 Å². The van der Waals surface area contributed by atoms with Crippen LogP contribution in [0.5, 0.6) is 0 Å². The second-order valence-corrected chi connectivity index (χ2v) is 15.6. The molecule has 57 heavy (non-hydrogen) atoms. The number of aliphatic hydroxyl groups excluding tert-OH is 6. The Morgan fingerprint density at radius 3 is 2.11 bits per heavy atom. The molecule has 0 bridgehead atoms. The maximum atomic E-state index is 14.0. The van der Waals surface area contributed by atoms with Crippen LogP contribution in [0, 0.1) is 5.92 Å². The zero-order chi connectivity index (χ0) is 40.6. The maximum Gasteiger partial charge on any atom is 0.332 e. The highest BCUT2D eigenvalue weighted by molar-refractivity contribution is 5.94. The van der Waals surface area contributed by atoms with E-state index in [4.69, 9.17) is 28.4 Å². The zero-order valence-electron chi connectivity index (χ0n) is 32.1. The van der Waals surface area contributed by atoms with E-state index in [0.717, 1.165) is 37.7 Å². The summed E-state index contributed by atoms with van der Waals surface area (Å²) in [4.78, 5) is 28.0. The van der Waals surface area contributed by atoms with Gasteiger partial charge in [0.15, 0.2) is 18.7 Å². The number of carbonyl (C=O) groups excluding carboxylic acids is 1. The molecule has 2 aromatic rings. The minimum atomic E-state index is -1.74. The van der Waals surface area contributed by atoms with Crippen molar-refractivity contribution in [2.75, 3.05) is 19.8 Å². The number of carbonyl (C=O) groups is 2. The van der Waals surface area contributed by atoms with E-state index < -0.39 is 98.4 Å². The number of carboxylic acids is 1. The summed E-state index contributed by atoms with van der Waals surface area (Å²) in [5, 5.41) is 75.1. The van der Waals surface area contributed by atoms with E-state index in [1.807, 2.05) is 30.3 Å². The molecule has 4 aliphatic rings. The Morgan fingerprint density at radius 1 is 0.772 bits per heavy atom. The average molecular weight is 804 g/mol. The van der Waals surface area contributed by atoms with Crippen LogP contribution in [-0.4, -0.2) is 158 Å². The Hall–Kier alpha value is -3.10. The second-order valence-electron chi connectivity index (χ2n) is 15.6. The fourth-order valence-electron chi connectivity index (χ4n) is 8.22. The number of aliphatic hydroxyl groups is 6. The molecule has 1 saturated carbocycles. The number of rotatable bonds is 15. The standard InChI is InChI=1S/C41H57NO15/c1-23-31(44)33(46)34(47)40(53-23)57-36-27(17-18-52-29(36)21-42(20-25-13-7-3-8-14-25)38(49)26-15-9-4-10-16-26)55-41-35(48)37(32(45)30(22-43)56-41)54-28(39(50)51)19-24-11-5-2-6-12-24/h3-4,7-10,13-16,23-24,27-37,40-41,43-48H,2,5-6,11-12,17-22H2,1H3,(H,50,51)/t23-,27+,28+,29?,30+,31+,32-,33-,34+,35-,36-,37+,40-,41+/m1/s1. The quantitative estimate of drug-likeness (QED) is 0.133. The predicted molar refractivity (Wildman–Crippen MR) is 199 cm³/mol. The lowest BCUT2D eigenvalue weighted by Gasteiger charge is -2.47. The van der Waals surface area contributed by atoms with Gasteiger partial charge in [0.2, 0.25) is 0 Å². The summed E-state index contributed by atoms with van der Waals surface area (Å²) in [6.45, 7) is 1.00. The van der Waals surface area contributed by atoms with Crippen molar-refractivity contribution < 1.29 is 73.8 Å². The van der Waals surface area contributed by atoms with Crippen LogP contribution in [-0.2, 0) is 39.8 Å². The van der Waals surface area contributed by atoms with E-state index in [2.05, 4.69) is 0 Å². The minimum Gasteiger partial charge on any atom is -0.479 e. The van der Waals surface area contributed by atoms with Gasteiger partial charge in [0.1, 0.15) is 54.9 Å². The maximum absolute atomic E-state index is 14.0. The van der Waals surface area contributed by atoms with Crippen molar-refractivity contribution in [3.05, 3.63) is 71.8 Å². The van der Waals surface area contributed by atoms with Crippen LogP contribution in [0.25, 0.3) is 0 Å². The molecule has 3 heterocycles. The van der Waals surface area contributed by atoms with Gasteiger partial charge in [0, 0.05) is 18.7 Å². The molecule has 316 valence electrons. The number of hydrogen-bond donors (Lipinski definition) is 7. The summed E-state index contributed by atoms with van der Waals surface area (Å²) in [6, 6.07) is 18.0. The number of aliphatic carboxylic acids is 1. The molecule has 3 saturated heterocycles. The highest BCUT2D eigenvalue weighted by Gasteiger charge is 2.51. The molecular formula is C41H57NO15. The SMILES string of the molecule is C[C@H]1O[C@H](O[C@H]2C(CN(Cc3ccccc3)C(=O)c3ccccc3)OCC[C@@H]2O[C@H]2O[C@@H](CO)[C@@H](O)[C@H](O[C@@H](CC3CCCCC3)C(=O)O)[C@H]2O)[C@@H](O)[C@H](O)[C@H]1O. The molecule has 1 aliphatic carbocycles. The van der Waals surface area contributed by atoms with Gasteiger partial charge in [0.25, 0.3) is 5.91 Å². The number of benzene rings is 2. The number of ether oxygens (including phenoxy) is 6. The topological polar surface area (TPSA) is 234 Å². The minimum absolute atomic E-state index is 0.0596. The largest absolute Gasteiger partial charge is 0.479 e. The number of amides is 1. The van der Waals surface area contributed by atoms with Gasteiger partial charge in [-0.1, -0.05) is 80.6 Å². The van der Waals surface area contributed by atoms with Gasteiger partial charge in [-0.25, -0.2) is 4.79 Å². The highest BCUT2D eigenvalue weighted by atomic mass is 16.7. The first-order valence-corrected chi connectivity index (χ1v) is 20.0. The molecule has 0 spiro atoms. The van der Waals surface area contributed by atoms with Gasteiger partial charge in [-0.05, 0) is 43.4 Å². The Kier molecular flexibility index (Phi) is 15.4. The lowest BCUT2D eigenvalue weighted by atomic mass is 9.85. The first kappa shape index (κ1) is 43.5. The van der Waals surface area contributed by atoms with Crippen molar-refractivity contribution in [1.82, 2.24) is 4.90 Å². The summed E-state index contributed by atoms with van der Waals surface area (Å²) in [5.74, 6) is -1.46. The van der Waals surface area contributed by atoms with Crippen LogP contribution in [0.3, 0.4) is 0 Å². The van der Waals surface area contributed by atoms with Gasteiger partial charge < -0.3 is 69.1 Å². The molecule has 2 aromatic carbocycles. The lowest BCUT2D eigenvalue weighted by molar-refractivity contribution is -0.356. The first-order chi connectivity index (χ1) is 27.4. The molecule has 1 amide bonds. The number of carboxylic acid groups (broad SMARTS) is 1. The van der Waals surface area contributed by atoms with E-state index in [-0.39, 0.29) is 44.4 Å². The number of nitrogens with zero attached hydrogens (tertiary/aromatic N) is 1. The Bertz CT molecular complexity index is 1550. The van der Waals surface area contributed by atoms with E-state index >= 15 is 0 Å². The second kappa shape index (κ2) is 20.2. The van der Waals surface area contributed by atoms with Gasteiger partial charge in [-0.2, -0.15) is 0 Å². The summed E-state index contributed by atoms with van der Waals surface area (Å²) in [5.41, 5.74) is 1.26. The molecule has 1 unspecified atom stereocenters. The van der Waals surface area contributed by atoms with Crippen molar-refractivity contribution >= 4 is 11.9 Å². The van der Waals surface area contributed by atoms with Crippen LogP contribution in [0.1, 0.15) is 67.8 Å².